The molecule has 33 heavy (non-hydrogen) atoms. The average Bonchev–Trinajstić information content (AvgIpc) is 3.46. The summed E-state index contributed by atoms with van der Waals surface area (Å²) >= 11 is 9.74. The predicted octanol–water partition coefficient (Wildman–Crippen LogP) is 5.73. The van der Waals surface area contributed by atoms with Gasteiger partial charge in [0.1, 0.15) is 17.4 Å². The summed E-state index contributed by atoms with van der Waals surface area (Å²) in [5, 5.41) is 0.555. The number of ether oxygens (including phenoxy) is 1. The van der Waals surface area contributed by atoms with Crippen LogP contribution in [0, 0.1) is 6.92 Å². The highest BCUT2D eigenvalue weighted by Gasteiger charge is 2.34. The van der Waals surface area contributed by atoms with Gasteiger partial charge in [-0.05, 0) is 60.0 Å². The molecule has 1 aliphatic heterocycles. The van der Waals surface area contributed by atoms with Gasteiger partial charge in [0.15, 0.2) is 0 Å². The summed E-state index contributed by atoms with van der Waals surface area (Å²) in [5.74, 6) is 1.99. The zero-order chi connectivity index (χ0) is 23.1. The lowest BCUT2D eigenvalue weighted by atomic mass is 10.1. The van der Waals surface area contributed by atoms with E-state index < -0.39 is 0 Å². The van der Waals surface area contributed by atoms with Gasteiger partial charge in [0.25, 0.3) is 5.91 Å². The summed E-state index contributed by atoms with van der Waals surface area (Å²) in [4.78, 5) is 32.6. The molecule has 1 saturated heterocycles. The molecule has 1 unspecified atom stereocenters. The number of aromatic nitrogens is 4. The quantitative estimate of drug-likeness (QED) is 0.367. The SMILES string of the molecule is COc1ccc2nc(C3CCCN3C(=O)c3cnc(C)nc3-c3ccc(Br)c(Cl)c3)[nH]c2c1. The van der Waals surface area contributed by atoms with Gasteiger partial charge in [0, 0.05) is 28.8 Å². The van der Waals surface area contributed by atoms with E-state index in [0.29, 0.717) is 28.6 Å². The highest BCUT2D eigenvalue weighted by atomic mass is 79.9. The molecule has 7 nitrogen and oxygen atoms in total. The van der Waals surface area contributed by atoms with E-state index in [4.69, 9.17) is 21.3 Å². The van der Waals surface area contributed by atoms with Crippen molar-refractivity contribution in [2.75, 3.05) is 13.7 Å². The number of nitrogens with zero attached hydrogens (tertiary/aromatic N) is 4. The number of carbonyl (C=O) groups is 1. The topological polar surface area (TPSA) is 84.0 Å². The number of fused-ring (bicyclic) bond motifs is 1. The van der Waals surface area contributed by atoms with Crippen LogP contribution in [-0.2, 0) is 0 Å². The lowest BCUT2D eigenvalue weighted by Crippen LogP contribution is -2.31. The lowest BCUT2D eigenvalue weighted by Gasteiger charge is -2.24. The van der Waals surface area contributed by atoms with Gasteiger partial charge < -0.3 is 14.6 Å². The van der Waals surface area contributed by atoms with Crippen LogP contribution in [0.25, 0.3) is 22.3 Å². The van der Waals surface area contributed by atoms with Gasteiger partial charge in [-0.1, -0.05) is 17.7 Å². The first-order valence-electron chi connectivity index (χ1n) is 10.6. The number of imidazole rings is 1. The van der Waals surface area contributed by atoms with Gasteiger partial charge in [0.05, 0.1) is 40.5 Å². The van der Waals surface area contributed by atoms with Crippen molar-refractivity contribution in [3.63, 3.8) is 0 Å². The molecular weight excluding hydrogens is 506 g/mol. The van der Waals surface area contributed by atoms with E-state index in [-0.39, 0.29) is 11.9 Å². The second-order valence-electron chi connectivity index (χ2n) is 7.97. The van der Waals surface area contributed by atoms with Crippen LogP contribution >= 0.6 is 27.5 Å². The molecule has 1 atom stereocenters. The van der Waals surface area contributed by atoms with Gasteiger partial charge in [-0.3, -0.25) is 4.79 Å². The molecule has 4 aromatic rings. The van der Waals surface area contributed by atoms with Crippen molar-refractivity contribution in [2.24, 2.45) is 0 Å². The summed E-state index contributed by atoms with van der Waals surface area (Å²) in [7, 11) is 1.63. The zero-order valence-electron chi connectivity index (χ0n) is 18.1. The molecule has 0 saturated carbocycles. The van der Waals surface area contributed by atoms with Crippen molar-refractivity contribution in [3.8, 4) is 17.0 Å². The first kappa shape index (κ1) is 21.9. The number of aryl methyl sites for hydroxylation is 1. The number of nitrogens with one attached hydrogen (secondary N) is 1. The van der Waals surface area contributed by atoms with Gasteiger partial charge in [0.2, 0.25) is 0 Å². The second-order valence-corrected chi connectivity index (χ2v) is 9.23. The fourth-order valence-electron chi connectivity index (χ4n) is 4.23. The second kappa shape index (κ2) is 8.76. The Morgan fingerprint density at radius 1 is 1.24 bits per heavy atom. The Hall–Kier alpha value is -2.97. The number of H-pyrrole nitrogens is 1. The normalized spacial score (nSPS) is 15.9. The summed E-state index contributed by atoms with van der Waals surface area (Å²) in [6, 6.07) is 11.1. The number of carbonyl (C=O) groups excluding carboxylic acids is 1. The van der Waals surface area contributed by atoms with E-state index in [9.17, 15) is 4.79 Å². The molecule has 3 heterocycles. The molecule has 2 aromatic heterocycles. The molecule has 0 aliphatic carbocycles. The van der Waals surface area contributed by atoms with Crippen molar-refractivity contribution in [3.05, 3.63) is 69.3 Å². The third-order valence-electron chi connectivity index (χ3n) is 5.87. The number of rotatable bonds is 4. The van der Waals surface area contributed by atoms with Crippen molar-refractivity contribution in [1.82, 2.24) is 24.8 Å². The van der Waals surface area contributed by atoms with Crippen LogP contribution in [0.15, 0.2) is 47.1 Å². The van der Waals surface area contributed by atoms with Crippen molar-refractivity contribution in [2.45, 2.75) is 25.8 Å². The minimum Gasteiger partial charge on any atom is -0.497 e. The number of hydrogen-bond acceptors (Lipinski definition) is 5. The minimum absolute atomic E-state index is 0.121. The summed E-state index contributed by atoms with van der Waals surface area (Å²) in [5.41, 5.74) is 3.51. The maximum Gasteiger partial charge on any atom is 0.258 e. The Bertz CT molecular complexity index is 1370. The zero-order valence-corrected chi connectivity index (χ0v) is 20.4. The number of halogens is 2. The molecule has 2 aromatic carbocycles. The number of amides is 1. The van der Waals surface area contributed by atoms with E-state index >= 15 is 0 Å². The molecule has 0 bridgehead atoms. The monoisotopic (exact) mass is 525 g/mol. The van der Waals surface area contributed by atoms with Gasteiger partial charge >= 0.3 is 0 Å². The Kier molecular flexibility index (Phi) is 5.80. The first-order chi connectivity index (χ1) is 15.9. The van der Waals surface area contributed by atoms with Crippen LogP contribution in [0.2, 0.25) is 5.02 Å². The fraction of sp³-hybridized carbons (Fsp3) is 0.250. The van der Waals surface area contributed by atoms with E-state index in [1.54, 1.807) is 26.3 Å². The van der Waals surface area contributed by atoms with Crippen LogP contribution in [0.5, 0.6) is 5.75 Å². The Balaban J connectivity index is 1.52. The number of benzene rings is 2. The third kappa shape index (κ3) is 4.09. The maximum absolute atomic E-state index is 13.7. The molecule has 0 radical (unpaired) electrons. The highest BCUT2D eigenvalue weighted by molar-refractivity contribution is 9.10. The summed E-state index contributed by atoms with van der Waals surface area (Å²) in [6.07, 6.45) is 3.33. The van der Waals surface area contributed by atoms with Gasteiger partial charge in [-0.15, -0.1) is 0 Å². The Morgan fingerprint density at radius 2 is 2.09 bits per heavy atom. The molecule has 9 heteroatoms. The minimum atomic E-state index is -0.154. The van der Waals surface area contributed by atoms with Crippen molar-refractivity contribution >= 4 is 44.5 Å². The molecular formula is C24H21BrClN5O2. The third-order valence-corrected chi connectivity index (χ3v) is 7.10. The number of likely N-dealkylation sites (tertiary alicyclic amines) is 1. The van der Waals surface area contributed by atoms with Crippen LogP contribution in [0.4, 0.5) is 0 Å². The molecule has 0 spiro atoms. The largest absolute Gasteiger partial charge is 0.497 e. The van der Waals surface area contributed by atoms with Crippen LogP contribution < -0.4 is 4.74 Å². The number of hydrogen-bond donors (Lipinski definition) is 1. The molecule has 1 N–H and O–H groups in total. The van der Waals surface area contributed by atoms with E-state index in [0.717, 1.165) is 45.5 Å². The van der Waals surface area contributed by atoms with Crippen LogP contribution in [0.1, 0.15) is 40.9 Å². The van der Waals surface area contributed by atoms with Crippen molar-refractivity contribution in [1.29, 1.82) is 0 Å². The van der Waals surface area contributed by atoms with Gasteiger partial charge in [-0.2, -0.15) is 0 Å². The molecule has 1 amide bonds. The Labute approximate surface area is 204 Å². The van der Waals surface area contributed by atoms with Crippen LogP contribution in [0.3, 0.4) is 0 Å². The highest BCUT2D eigenvalue weighted by Crippen LogP contribution is 2.35. The standard InChI is InChI=1S/C24H21BrClN5O2/c1-13-27-12-16(22(28-13)14-5-7-17(25)18(26)10-14)24(32)31-9-3-4-21(31)23-29-19-8-6-15(33-2)11-20(19)30-23/h5-8,10-12,21H,3-4,9H2,1-2H3,(H,29,30). The lowest BCUT2D eigenvalue weighted by molar-refractivity contribution is 0.0730. The molecule has 1 fully saturated rings. The fourth-order valence-corrected chi connectivity index (χ4v) is 4.66. The van der Waals surface area contributed by atoms with E-state index in [1.807, 2.05) is 35.2 Å². The van der Waals surface area contributed by atoms with E-state index in [2.05, 4.69) is 30.9 Å². The smallest absolute Gasteiger partial charge is 0.258 e. The molecule has 1 aliphatic rings. The summed E-state index contributed by atoms with van der Waals surface area (Å²) in [6.45, 7) is 2.44. The van der Waals surface area contributed by atoms with Crippen LogP contribution in [-0.4, -0.2) is 44.4 Å². The number of aromatic amines is 1. The average molecular weight is 527 g/mol. The predicted molar refractivity (Wildman–Crippen MR) is 131 cm³/mol. The Morgan fingerprint density at radius 3 is 2.88 bits per heavy atom. The molecule has 5 rings (SSSR count). The maximum atomic E-state index is 13.7. The number of methoxy groups -OCH3 is 1. The van der Waals surface area contributed by atoms with Crippen molar-refractivity contribution < 1.29 is 9.53 Å². The summed E-state index contributed by atoms with van der Waals surface area (Å²) < 4.78 is 6.10. The van der Waals surface area contributed by atoms with E-state index in [1.165, 1.54) is 0 Å². The molecule has 168 valence electrons. The van der Waals surface area contributed by atoms with Gasteiger partial charge in [-0.25, -0.2) is 15.0 Å². The first-order valence-corrected chi connectivity index (χ1v) is 11.8.